The Morgan fingerprint density at radius 1 is 1.50 bits per heavy atom. The van der Waals surface area contributed by atoms with Crippen LogP contribution in [0.4, 0.5) is 0 Å². The number of allylic oxidation sites excluding steroid dienone is 5. The summed E-state index contributed by atoms with van der Waals surface area (Å²) in [5.74, 6) is 0.433. The molecular formula is C11H16O. The molecule has 0 aliphatic heterocycles. The van der Waals surface area contributed by atoms with Gasteiger partial charge in [0, 0.05) is 6.61 Å². The second-order valence-corrected chi connectivity index (χ2v) is 3.20. The Hall–Kier alpha value is -0.820. The minimum Gasteiger partial charge on any atom is -0.396 e. The first kappa shape index (κ1) is 9.27. The lowest BCUT2D eigenvalue weighted by atomic mass is 10.1. The zero-order valence-corrected chi connectivity index (χ0v) is 7.59. The topological polar surface area (TPSA) is 20.2 Å². The van der Waals surface area contributed by atoms with E-state index in [-0.39, 0.29) is 0 Å². The summed E-state index contributed by atoms with van der Waals surface area (Å²) in [5.41, 5.74) is 2.71. The predicted molar refractivity (Wildman–Crippen MR) is 51.8 cm³/mol. The molecule has 12 heavy (non-hydrogen) atoms. The van der Waals surface area contributed by atoms with Crippen LogP contribution in [-0.4, -0.2) is 11.7 Å². The van der Waals surface area contributed by atoms with Crippen LogP contribution in [0.15, 0.2) is 36.0 Å². The van der Waals surface area contributed by atoms with E-state index in [1.807, 2.05) is 19.1 Å². The predicted octanol–water partition coefficient (Wildman–Crippen LogP) is 2.45. The summed E-state index contributed by atoms with van der Waals surface area (Å²) in [7, 11) is 0. The van der Waals surface area contributed by atoms with Gasteiger partial charge in [-0.25, -0.2) is 0 Å². The lowest BCUT2D eigenvalue weighted by molar-refractivity contribution is 0.234. The number of aliphatic hydroxyl groups excluding tert-OH is 1. The number of rotatable bonds is 2. The Morgan fingerprint density at radius 3 is 2.67 bits per heavy atom. The summed E-state index contributed by atoms with van der Waals surface area (Å²) in [6.45, 7) is 6.02. The Bertz CT molecular complexity index is 223. The molecule has 1 heteroatoms. The molecule has 0 heterocycles. The molecule has 0 aromatic rings. The lowest BCUT2D eigenvalue weighted by Gasteiger charge is -1.99. The highest BCUT2D eigenvalue weighted by molar-refractivity contribution is 5.37. The highest BCUT2D eigenvalue weighted by Crippen LogP contribution is 2.34. The van der Waals surface area contributed by atoms with E-state index >= 15 is 0 Å². The quantitative estimate of drug-likeness (QED) is 0.664. The largest absolute Gasteiger partial charge is 0.396 e. The monoisotopic (exact) mass is 164 g/mol. The normalized spacial score (nSPS) is 30.0. The second kappa shape index (κ2) is 4.27. The van der Waals surface area contributed by atoms with E-state index in [0.29, 0.717) is 12.5 Å². The van der Waals surface area contributed by atoms with Gasteiger partial charge in [-0.1, -0.05) is 24.8 Å². The molecule has 1 nitrogen and oxygen atoms in total. The molecule has 0 amide bonds. The average molecular weight is 164 g/mol. The van der Waals surface area contributed by atoms with Gasteiger partial charge in [-0.2, -0.15) is 0 Å². The molecule has 1 aliphatic carbocycles. The molecule has 0 aromatic carbocycles. The summed E-state index contributed by atoms with van der Waals surface area (Å²) in [6, 6.07) is 0. The maximum Gasteiger partial charge on any atom is 0.0465 e. The molecule has 1 saturated carbocycles. The zero-order valence-electron chi connectivity index (χ0n) is 7.59. The molecule has 1 N–H and O–H groups in total. The van der Waals surface area contributed by atoms with Crippen LogP contribution in [0.3, 0.4) is 0 Å². The van der Waals surface area contributed by atoms with E-state index in [2.05, 4.69) is 12.7 Å². The number of aliphatic hydroxyl groups is 1. The molecule has 0 saturated heterocycles. The summed E-state index contributed by atoms with van der Waals surface area (Å²) in [5, 5.41) is 8.99. The molecule has 0 radical (unpaired) electrons. The van der Waals surface area contributed by atoms with Crippen LogP contribution in [-0.2, 0) is 0 Å². The van der Waals surface area contributed by atoms with Crippen molar-refractivity contribution in [1.29, 1.82) is 0 Å². The van der Waals surface area contributed by atoms with Gasteiger partial charge in [0.1, 0.15) is 0 Å². The average Bonchev–Trinajstić information content (AvgIpc) is 2.48. The number of hydrogen-bond donors (Lipinski definition) is 1. The van der Waals surface area contributed by atoms with E-state index in [4.69, 9.17) is 5.11 Å². The standard InChI is InChI=1S/C11H16O/c1-3-5-11-7-9(8-12)6-10(11)4-2/h3-5,9,12H,1,6-8H2,2H3/b10-4-,11-5-/t9-/m0/s1. The molecule has 1 aliphatic rings. The smallest absolute Gasteiger partial charge is 0.0465 e. The summed E-state index contributed by atoms with van der Waals surface area (Å²) in [6.07, 6.45) is 8.02. The van der Waals surface area contributed by atoms with E-state index in [0.717, 1.165) is 12.8 Å². The summed E-state index contributed by atoms with van der Waals surface area (Å²) >= 11 is 0. The Morgan fingerprint density at radius 2 is 2.17 bits per heavy atom. The SMILES string of the molecule is C=C/C=C1/C[C@@H](CO)C/C1=C/C. The van der Waals surface area contributed by atoms with Crippen LogP contribution in [0.2, 0.25) is 0 Å². The van der Waals surface area contributed by atoms with Gasteiger partial charge in [0.2, 0.25) is 0 Å². The molecule has 0 aromatic heterocycles. The third kappa shape index (κ3) is 1.86. The fourth-order valence-electron chi connectivity index (χ4n) is 1.71. The maximum atomic E-state index is 8.99. The van der Waals surface area contributed by atoms with Crippen molar-refractivity contribution in [2.45, 2.75) is 19.8 Å². The highest BCUT2D eigenvalue weighted by atomic mass is 16.3. The van der Waals surface area contributed by atoms with Crippen molar-refractivity contribution in [3.63, 3.8) is 0 Å². The van der Waals surface area contributed by atoms with Crippen molar-refractivity contribution in [3.05, 3.63) is 36.0 Å². The zero-order chi connectivity index (χ0) is 8.97. The van der Waals surface area contributed by atoms with Crippen molar-refractivity contribution in [1.82, 2.24) is 0 Å². The first-order valence-electron chi connectivity index (χ1n) is 4.39. The molecule has 66 valence electrons. The molecule has 1 fully saturated rings. The van der Waals surface area contributed by atoms with Crippen molar-refractivity contribution >= 4 is 0 Å². The van der Waals surface area contributed by atoms with Crippen LogP contribution in [0.5, 0.6) is 0 Å². The van der Waals surface area contributed by atoms with Crippen molar-refractivity contribution in [2.75, 3.05) is 6.61 Å². The summed E-state index contributed by atoms with van der Waals surface area (Å²) in [4.78, 5) is 0. The van der Waals surface area contributed by atoms with E-state index in [1.54, 1.807) is 0 Å². The number of hydrogen-bond acceptors (Lipinski definition) is 1. The fraction of sp³-hybridized carbons (Fsp3) is 0.455. The first-order valence-corrected chi connectivity index (χ1v) is 4.39. The van der Waals surface area contributed by atoms with E-state index < -0.39 is 0 Å². The van der Waals surface area contributed by atoms with Gasteiger partial charge in [0.05, 0.1) is 0 Å². The maximum absolute atomic E-state index is 8.99. The van der Waals surface area contributed by atoms with Crippen molar-refractivity contribution < 1.29 is 5.11 Å². The molecule has 0 unspecified atom stereocenters. The Balaban J connectivity index is 2.76. The van der Waals surface area contributed by atoms with Crippen molar-refractivity contribution in [3.8, 4) is 0 Å². The minimum atomic E-state index is 0.297. The Labute approximate surface area is 74.1 Å². The molecule has 1 rings (SSSR count). The minimum absolute atomic E-state index is 0.297. The third-order valence-electron chi connectivity index (χ3n) is 2.36. The lowest BCUT2D eigenvalue weighted by Crippen LogP contribution is -1.98. The third-order valence-corrected chi connectivity index (χ3v) is 2.36. The van der Waals surface area contributed by atoms with Crippen molar-refractivity contribution in [2.24, 2.45) is 5.92 Å². The van der Waals surface area contributed by atoms with Gasteiger partial charge in [-0.3, -0.25) is 0 Å². The van der Waals surface area contributed by atoms with E-state index in [9.17, 15) is 0 Å². The second-order valence-electron chi connectivity index (χ2n) is 3.20. The van der Waals surface area contributed by atoms with E-state index in [1.165, 1.54) is 11.1 Å². The summed E-state index contributed by atoms with van der Waals surface area (Å²) < 4.78 is 0. The van der Waals surface area contributed by atoms with Gasteiger partial charge in [0.15, 0.2) is 0 Å². The highest BCUT2D eigenvalue weighted by Gasteiger charge is 2.21. The molecular weight excluding hydrogens is 148 g/mol. The van der Waals surface area contributed by atoms with Crippen LogP contribution < -0.4 is 0 Å². The van der Waals surface area contributed by atoms with Crippen LogP contribution in [0.1, 0.15) is 19.8 Å². The van der Waals surface area contributed by atoms with Gasteiger partial charge in [0.25, 0.3) is 0 Å². The van der Waals surface area contributed by atoms with Gasteiger partial charge in [-0.05, 0) is 36.8 Å². The molecule has 1 atom stereocenters. The van der Waals surface area contributed by atoms with Crippen LogP contribution in [0.25, 0.3) is 0 Å². The van der Waals surface area contributed by atoms with Crippen LogP contribution >= 0.6 is 0 Å². The molecule has 0 spiro atoms. The molecule has 0 bridgehead atoms. The van der Waals surface area contributed by atoms with Gasteiger partial charge in [-0.15, -0.1) is 0 Å². The first-order chi connectivity index (χ1) is 5.81. The van der Waals surface area contributed by atoms with Gasteiger partial charge >= 0.3 is 0 Å². The van der Waals surface area contributed by atoms with Gasteiger partial charge < -0.3 is 5.11 Å². The van der Waals surface area contributed by atoms with Crippen LogP contribution in [0, 0.1) is 5.92 Å². The Kier molecular flexibility index (Phi) is 3.30. The fourth-order valence-corrected chi connectivity index (χ4v) is 1.71.